The van der Waals surface area contributed by atoms with Gasteiger partial charge in [0.15, 0.2) is 5.96 Å². The van der Waals surface area contributed by atoms with Gasteiger partial charge in [-0.3, -0.25) is 0 Å². The van der Waals surface area contributed by atoms with E-state index in [4.69, 9.17) is 5.73 Å². The maximum absolute atomic E-state index is 5.70. The van der Waals surface area contributed by atoms with E-state index < -0.39 is 0 Å². The highest BCUT2D eigenvalue weighted by atomic mass is 15.1. The fraction of sp³-hybridized carbons (Fsp3) is 0.750. The van der Waals surface area contributed by atoms with Crippen molar-refractivity contribution >= 4 is 5.96 Å². The zero-order chi connectivity index (χ0) is 11.8. The summed E-state index contributed by atoms with van der Waals surface area (Å²) in [5.74, 6) is 0.532. The minimum Gasteiger partial charge on any atom is -0.370 e. The smallest absolute Gasteiger partial charge is 0.188 e. The third-order valence-corrected chi connectivity index (χ3v) is 2.68. The molecular weight excluding hydrogens is 200 g/mol. The first kappa shape index (κ1) is 13.0. The Hall–Kier alpha value is -1.03. The first-order chi connectivity index (χ1) is 7.68. The summed E-state index contributed by atoms with van der Waals surface area (Å²) in [6.45, 7) is 10.9. The second kappa shape index (κ2) is 7.28. The molecule has 16 heavy (non-hydrogen) atoms. The van der Waals surface area contributed by atoms with Crippen molar-refractivity contribution in [3.8, 4) is 0 Å². The summed E-state index contributed by atoms with van der Waals surface area (Å²) in [6, 6.07) is 0. The first-order valence-corrected chi connectivity index (χ1v) is 6.09. The number of rotatable bonds is 6. The molecule has 0 saturated carbocycles. The second-order valence-corrected chi connectivity index (χ2v) is 4.49. The molecule has 1 heterocycles. The van der Waals surface area contributed by atoms with Gasteiger partial charge in [-0.15, -0.1) is 0 Å². The molecule has 1 saturated heterocycles. The van der Waals surface area contributed by atoms with Crippen molar-refractivity contribution < 1.29 is 0 Å². The average Bonchev–Trinajstić information content (AvgIpc) is 2.74. The van der Waals surface area contributed by atoms with Gasteiger partial charge >= 0.3 is 0 Å². The van der Waals surface area contributed by atoms with E-state index in [-0.39, 0.29) is 0 Å². The van der Waals surface area contributed by atoms with Gasteiger partial charge in [-0.25, -0.2) is 4.99 Å². The Morgan fingerprint density at radius 1 is 1.44 bits per heavy atom. The monoisotopic (exact) mass is 224 g/mol. The summed E-state index contributed by atoms with van der Waals surface area (Å²) in [4.78, 5) is 6.67. The van der Waals surface area contributed by atoms with Gasteiger partial charge in [0.05, 0.1) is 6.54 Å². The van der Waals surface area contributed by atoms with E-state index in [9.17, 15) is 0 Å². The van der Waals surface area contributed by atoms with Crippen LogP contribution >= 0.6 is 0 Å². The lowest BCUT2D eigenvalue weighted by Gasteiger charge is -2.14. The number of likely N-dealkylation sites (tertiary alicyclic amines) is 1. The Kier molecular flexibility index (Phi) is 5.93. The van der Waals surface area contributed by atoms with Crippen LogP contribution in [0.4, 0.5) is 0 Å². The summed E-state index contributed by atoms with van der Waals surface area (Å²) in [5.41, 5.74) is 6.73. The zero-order valence-corrected chi connectivity index (χ0v) is 10.3. The van der Waals surface area contributed by atoms with Crippen LogP contribution in [-0.2, 0) is 0 Å². The van der Waals surface area contributed by atoms with Crippen molar-refractivity contribution in [1.82, 2.24) is 10.2 Å². The van der Waals surface area contributed by atoms with Crippen LogP contribution in [-0.4, -0.2) is 43.6 Å². The molecule has 0 spiro atoms. The highest BCUT2D eigenvalue weighted by Gasteiger charge is 2.09. The molecule has 0 radical (unpaired) electrons. The highest BCUT2D eigenvalue weighted by molar-refractivity contribution is 5.77. The number of hydrogen-bond acceptors (Lipinski definition) is 2. The largest absolute Gasteiger partial charge is 0.370 e. The topological polar surface area (TPSA) is 53.6 Å². The van der Waals surface area contributed by atoms with Gasteiger partial charge in [-0.2, -0.15) is 0 Å². The summed E-state index contributed by atoms with van der Waals surface area (Å²) < 4.78 is 0. The quantitative estimate of drug-likeness (QED) is 0.306. The molecule has 0 amide bonds. The molecule has 0 aromatic carbocycles. The maximum Gasteiger partial charge on any atom is 0.188 e. The van der Waals surface area contributed by atoms with Gasteiger partial charge in [-0.1, -0.05) is 12.2 Å². The molecule has 1 fully saturated rings. The van der Waals surface area contributed by atoms with E-state index in [1.165, 1.54) is 32.5 Å². The zero-order valence-electron chi connectivity index (χ0n) is 10.3. The minimum atomic E-state index is 0.532. The second-order valence-electron chi connectivity index (χ2n) is 4.49. The van der Waals surface area contributed by atoms with Crippen LogP contribution in [0.3, 0.4) is 0 Å². The fourth-order valence-electron chi connectivity index (χ4n) is 1.80. The Morgan fingerprint density at radius 3 is 2.75 bits per heavy atom. The summed E-state index contributed by atoms with van der Waals surface area (Å²) in [6.07, 6.45) is 3.84. The van der Waals surface area contributed by atoms with Gasteiger partial charge in [0, 0.05) is 6.54 Å². The molecule has 1 rings (SSSR count). The lowest BCUT2D eigenvalue weighted by molar-refractivity contribution is 0.334. The van der Waals surface area contributed by atoms with Crippen molar-refractivity contribution in [3.63, 3.8) is 0 Å². The van der Waals surface area contributed by atoms with Crippen LogP contribution in [0.15, 0.2) is 17.1 Å². The molecule has 1 aliphatic heterocycles. The van der Waals surface area contributed by atoms with Crippen LogP contribution < -0.4 is 11.1 Å². The molecule has 0 atom stereocenters. The van der Waals surface area contributed by atoms with Crippen LogP contribution in [0.5, 0.6) is 0 Å². The lowest BCUT2D eigenvalue weighted by atomic mass is 10.4. The Balaban J connectivity index is 2.01. The molecular formula is C12H24N4. The van der Waals surface area contributed by atoms with Gasteiger partial charge in [0.2, 0.25) is 0 Å². The molecule has 0 unspecified atom stereocenters. The minimum absolute atomic E-state index is 0.532. The molecule has 0 bridgehead atoms. The number of aliphatic imine (C=N–C) groups is 1. The standard InChI is InChI=1S/C12H24N4/c1-11(2)10-15-12(13)14-6-5-9-16-7-3-4-8-16/h1,3-10H2,2H3,(H3,13,14,15). The van der Waals surface area contributed by atoms with E-state index in [0.717, 1.165) is 18.5 Å². The molecule has 0 aromatic rings. The van der Waals surface area contributed by atoms with Gasteiger partial charge in [-0.05, 0) is 45.8 Å². The van der Waals surface area contributed by atoms with Crippen LogP contribution in [0.2, 0.25) is 0 Å². The highest BCUT2D eigenvalue weighted by Crippen LogP contribution is 2.06. The predicted molar refractivity (Wildman–Crippen MR) is 69.6 cm³/mol. The average molecular weight is 224 g/mol. The summed E-state index contributed by atoms with van der Waals surface area (Å²) in [7, 11) is 0. The normalized spacial score (nSPS) is 17.7. The van der Waals surface area contributed by atoms with Gasteiger partial charge in [0.1, 0.15) is 0 Å². The molecule has 1 aliphatic rings. The molecule has 3 N–H and O–H groups in total. The van der Waals surface area contributed by atoms with Crippen LogP contribution in [0.25, 0.3) is 0 Å². The summed E-state index contributed by atoms with van der Waals surface area (Å²) >= 11 is 0. The van der Waals surface area contributed by atoms with Crippen molar-refractivity contribution in [2.75, 3.05) is 32.7 Å². The Labute approximate surface area is 98.6 Å². The number of nitrogens with one attached hydrogen (secondary N) is 1. The number of hydrogen-bond donors (Lipinski definition) is 2. The molecule has 4 nitrogen and oxygen atoms in total. The van der Waals surface area contributed by atoms with Crippen molar-refractivity contribution in [1.29, 1.82) is 0 Å². The SMILES string of the molecule is C=C(C)CN=C(N)NCCCN1CCCC1. The van der Waals surface area contributed by atoms with E-state index in [1.54, 1.807) is 0 Å². The fourth-order valence-corrected chi connectivity index (χ4v) is 1.80. The van der Waals surface area contributed by atoms with Crippen molar-refractivity contribution in [2.45, 2.75) is 26.2 Å². The predicted octanol–water partition coefficient (Wildman–Crippen LogP) is 0.953. The van der Waals surface area contributed by atoms with Gasteiger partial charge < -0.3 is 16.0 Å². The molecule has 4 heteroatoms. The van der Waals surface area contributed by atoms with Crippen LogP contribution in [0, 0.1) is 0 Å². The molecule has 0 aliphatic carbocycles. The van der Waals surface area contributed by atoms with E-state index in [0.29, 0.717) is 12.5 Å². The molecule has 0 aromatic heterocycles. The van der Waals surface area contributed by atoms with Crippen LogP contribution in [0.1, 0.15) is 26.2 Å². The Morgan fingerprint density at radius 2 is 2.12 bits per heavy atom. The third kappa shape index (κ3) is 5.75. The van der Waals surface area contributed by atoms with Gasteiger partial charge in [0.25, 0.3) is 0 Å². The van der Waals surface area contributed by atoms with E-state index in [1.807, 2.05) is 6.92 Å². The van der Waals surface area contributed by atoms with Crippen molar-refractivity contribution in [2.24, 2.45) is 10.7 Å². The molecule has 92 valence electrons. The Bertz CT molecular complexity index is 241. The van der Waals surface area contributed by atoms with E-state index in [2.05, 4.69) is 21.8 Å². The lowest BCUT2D eigenvalue weighted by Crippen LogP contribution is -2.34. The van der Waals surface area contributed by atoms with E-state index >= 15 is 0 Å². The van der Waals surface area contributed by atoms with Crippen molar-refractivity contribution in [3.05, 3.63) is 12.2 Å². The first-order valence-electron chi connectivity index (χ1n) is 6.09. The third-order valence-electron chi connectivity index (χ3n) is 2.68. The summed E-state index contributed by atoms with van der Waals surface area (Å²) in [5, 5.41) is 3.12. The number of nitrogens with two attached hydrogens (primary N) is 1. The maximum atomic E-state index is 5.70. The number of guanidine groups is 1. The number of nitrogens with zero attached hydrogens (tertiary/aromatic N) is 2.